The zero-order chi connectivity index (χ0) is 18.8. The lowest BCUT2D eigenvalue weighted by atomic mass is 10.1. The molecule has 6 heteroatoms. The van der Waals surface area contributed by atoms with Crippen LogP contribution >= 0.6 is 0 Å². The number of fused-ring (bicyclic) bond motifs is 1. The Kier molecular flexibility index (Phi) is 4.73. The van der Waals surface area contributed by atoms with Crippen LogP contribution < -0.4 is 10.9 Å². The van der Waals surface area contributed by atoms with Crippen LogP contribution in [-0.4, -0.2) is 46.3 Å². The standard InChI is InChI=1S/C21H22N4O2/c1-15-13-22-11-12-24(15)21(27)19-17-9-5-6-10-18(17)20(26)25(23-19)14-16-7-3-2-4-8-16/h2-10,15,22H,11-14H2,1H3/t15-/m0/s1. The Labute approximate surface area is 157 Å². The third kappa shape index (κ3) is 3.36. The SMILES string of the molecule is C[C@H]1CNCCN1C(=O)c1nn(Cc2ccccc2)c(=O)c2ccccc12. The van der Waals surface area contributed by atoms with E-state index < -0.39 is 0 Å². The predicted octanol–water partition coefficient (Wildman–Crippen LogP) is 1.88. The Balaban J connectivity index is 1.83. The summed E-state index contributed by atoms with van der Waals surface area (Å²) < 4.78 is 1.40. The molecule has 1 N–H and O–H groups in total. The van der Waals surface area contributed by atoms with Crippen LogP contribution in [0, 0.1) is 0 Å². The average molecular weight is 362 g/mol. The molecular formula is C21H22N4O2. The maximum atomic E-state index is 13.3. The highest BCUT2D eigenvalue weighted by atomic mass is 16.2. The minimum atomic E-state index is -0.181. The van der Waals surface area contributed by atoms with Gasteiger partial charge in [0, 0.05) is 31.1 Å². The van der Waals surface area contributed by atoms with Gasteiger partial charge in [0.05, 0.1) is 11.9 Å². The lowest BCUT2D eigenvalue weighted by Gasteiger charge is -2.33. The largest absolute Gasteiger partial charge is 0.332 e. The molecule has 0 aliphatic carbocycles. The van der Waals surface area contributed by atoms with E-state index in [2.05, 4.69) is 10.4 Å². The highest BCUT2D eigenvalue weighted by Gasteiger charge is 2.27. The van der Waals surface area contributed by atoms with Gasteiger partial charge in [-0.05, 0) is 18.6 Å². The second-order valence-electron chi connectivity index (χ2n) is 6.89. The Morgan fingerprint density at radius 2 is 1.81 bits per heavy atom. The fraction of sp³-hybridized carbons (Fsp3) is 0.286. The van der Waals surface area contributed by atoms with Gasteiger partial charge < -0.3 is 10.2 Å². The molecule has 0 bridgehead atoms. The number of carbonyl (C=O) groups is 1. The zero-order valence-corrected chi connectivity index (χ0v) is 15.3. The predicted molar refractivity (Wildman–Crippen MR) is 105 cm³/mol. The molecule has 0 unspecified atom stereocenters. The number of hydrogen-bond donors (Lipinski definition) is 1. The number of benzene rings is 2. The summed E-state index contributed by atoms with van der Waals surface area (Å²) in [6, 6.07) is 17.0. The van der Waals surface area contributed by atoms with Crippen molar-refractivity contribution in [2.24, 2.45) is 0 Å². The highest BCUT2D eigenvalue weighted by molar-refractivity contribution is 6.04. The molecule has 1 aromatic heterocycles. The van der Waals surface area contributed by atoms with Crippen molar-refractivity contribution in [3.05, 3.63) is 76.2 Å². The number of carbonyl (C=O) groups excluding carboxylic acids is 1. The molecule has 2 aromatic carbocycles. The third-order valence-electron chi connectivity index (χ3n) is 5.01. The van der Waals surface area contributed by atoms with E-state index in [0.717, 1.165) is 18.7 Å². The quantitative estimate of drug-likeness (QED) is 0.773. The van der Waals surface area contributed by atoms with E-state index in [1.165, 1.54) is 4.68 Å². The monoisotopic (exact) mass is 362 g/mol. The van der Waals surface area contributed by atoms with Crippen LogP contribution in [0.1, 0.15) is 23.0 Å². The first-order valence-electron chi connectivity index (χ1n) is 9.20. The summed E-state index contributed by atoms with van der Waals surface area (Å²) in [5, 5.41) is 8.93. The number of piperazine rings is 1. The second-order valence-corrected chi connectivity index (χ2v) is 6.89. The van der Waals surface area contributed by atoms with Gasteiger partial charge in [0.15, 0.2) is 5.69 Å². The first-order valence-corrected chi connectivity index (χ1v) is 9.20. The van der Waals surface area contributed by atoms with Gasteiger partial charge in [-0.25, -0.2) is 4.68 Å². The van der Waals surface area contributed by atoms with Gasteiger partial charge in [-0.1, -0.05) is 48.5 Å². The smallest absolute Gasteiger partial charge is 0.275 e. The Morgan fingerprint density at radius 3 is 2.56 bits per heavy atom. The van der Waals surface area contributed by atoms with Gasteiger partial charge in [0.1, 0.15) is 0 Å². The van der Waals surface area contributed by atoms with Crippen molar-refractivity contribution in [1.29, 1.82) is 0 Å². The molecule has 0 spiro atoms. The molecule has 0 saturated carbocycles. The normalized spacial score (nSPS) is 17.2. The molecule has 1 amide bonds. The summed E-state index contributed by atoms with van der Waals surface area (Å²) in [5.74, 6) is -0.123. The first-order chi connectivity index (χ1) is 13.1. The van der Waals surface area contributed by atoms with Crippen LogP contribution in [0.2, 0.25) is 0 Å². The highest BCUT2D eigenvalue weighted by Crippen LogP contribution is 2.17. The summed E-state index contributed by atoms with van der Waals surface area (Å²) in [6.45, 7) is 4.51. The van der Waals surface area contributed by atoms with Gasteiger partial charge in [-0.15, -0.1) is 0 Å². The van der Waals surface area contributed by atoms with Crippen molar-refractivity contribution in [2.75, 3.05) is 19.6 Å². The van der Waals surface area contributed by atoms with Crippen LogP contribution in [0.15, 0.2) is 59.4 Å². The number of nitrogens with zero attached hydrogens (tertiary/aromatic N) is 3. The van der Waals surface area contributed by atoms with Crippen LogP contribution in [-0.2, 0) is 6.54 Å². The van der Waals surface area contributed by atoms with Crippen molar-refractivity contribution < 1.29 is 4.79 Å². The molecule has 1 saturated heterocycles. The molecule has 3 aromatic rings. The van der Waals surface area contributed by atoms with Crippen LogP contribution in [0.5, 0.6) is 0 Å². The minimum absolute atomic E-state index is 0.0845. The van der Waals surface area contributed by atoms with Gasteiger partial charge in [0.2, 0.25) is 0 Å². The van der Waals surface area contributed by atoms with Crippen molar-refractivity contribution in [1.82, 2.24) is 20.0 Å². The van der Waals surface area contributed by atoms with Crippen molar-refractivity contribution in [2.45, 2.75) is 19.5 Å². The maximum absolute atomic E-state index is 13.3. The van der Waals surface area contributed by atoms with Gasteiger partial charge in [-0.3, -0.25) is 9.59 Å². The van der Waals surface area contributed by atoms with E-state index >= 15 is 0 Å². The van der Waals surface area contributed by atoms with E-state index in [1.54, 1.807) is 12.1 Å². The molecule has 2 heterocycles. The summed E-state index contributed by atoms with van der Waals surface area (Å²) in [6.07, 6.45) is 0. The number of aromatic nitrogens is 2. The molecule has 1 aliphatic heterocycles. The van der Waals surface area contributed by atoms with Crippen LogP contribution in [0.4, 0.5) is 0 Å². The Hall–Kier alpha value is -2.99. The summed E-state index contributed by atoms with van der Waals surface area (Å²) in [7, 11) is 0. The second kappa shape index (κ2) is 7.32. The molecule has 4 rings (SSSR count). The van der Waals surface area contributed by atoms with E-state index in [9.17, 15) is 9.59 Å². The van der Waals surface area contributed by atoms with Gasteiger partial charge in [0.25, 0.3) is 11.5 Å². The molecular weight excluding hydrogens is 340 g/mol. The van der Waals surface area contributed by atoms with Crippen LogP contribution in [0.3, 0.4) is 0 Å². The third-order valence-corrected chi connectivity index (χ3v) is 5.01. The molecule has 1 atom stereocenters. The molecule has 1 fully saturated rings. The van der Waals surface area contributed by atoms with Gasteiger partial charge >= 0.3 is 0 Å². The van der Waals surface area contributed by atoms with E-state index in [0.29, 0.717) is 29.6 Å². The Bertz CT molecular complexity index is 1030. The molecule has 1 aliphatic rings. The minimum Gasteiger partial charge on any atom is -0.332 e. The van der Waals surface area contributed by atoms with Gasteiger partial charge in [-0.2, -0.15) is 5.10 Å². The Morgan fingerprint density at radius 1 is 1.11 bits per heavy atom. The van der Waals surface area contributed by atoms with E-state index in [4.69, 9.17) is 0 Å². The van der Waals surface area contributed by atoms with E-state index in [1.807, 2.05) is 54.3 Å². The van der Waals surface area contributed by atoms with Crippen molar-refractivity contribution >= 4 is 16.7 Å². The molecule has 27 heavy (non-hydrogen) atoms. The lowest BCUT2D eigenvalue weighted by molar-refractivity contribution is 0.0649. The number of nitrogens with one attached hydrogen (secondary N) is 1. The molecule has 138 valence electrons. The van der Waals surface area contributed by atoms with E-state index in [-0.39, 0.29) is 17.5 Å². The summed E-state index contributed by atoms with van der Waals surface area (Å²) in [5.41, 5.74) is 1.13. The number of amides is 1. The first kappa shape index (κ1) is 17.4. The van der Waals surface area contributed by atoms with Crippen molar-refractivity contribution in [3.63, 3.8) is 0 Å². The summed E-state index contributed by atoms with van der Waals surface area (Å²) >= 11 is 0. The zero-order valence-electron chi connectivity index (χ0n) is 15.3. The summed E-state index contributed by atoms with van der Waals surface area (Å²) in [4.78, 5) is 28.0. The topological polar surface area (TPSA) is 67.2 Å². The lowest BCUT2D eigenvalue weighted by Crippen LogP contribution is -2.52. The molecule has 0 radical (unpaired) electrons. The maximum Gasteiger partial charge on any atom is 0.275 e. The fourth-order valence-electron chi connectivity index (χ4n) is 3.54. The number of hydrogen-bond acceptors (Lipinski definition) is 4. The number of rotatable bonds is 3. The average Bonchev–Trinajstić information content (AvgIpc) is 2.71. The van der Waals surface area contributed by atoms with Crippen LogP contribution in [0.25, 0.3) is 10.8 Å². The molecule has 6 nitrogen and oxygen atoms in total. The fourth-order valence-corrected chi connectivity index (χ4v) is 3.54. The van der Waals surface area contributed by atoms with Crippen molar-refractivity contribution in [3.8, 4) is 0 Å².